The second-order valence-corrected chi connectivity index (χ2v) is 10.1. The fourth-order valence-electron chi connectivity index (χ4n) is 4.46. The summed E-state index contributed by atoms with van der Waals surface area (Å²) in [6.45, 7) is 12.1. The zero-order valence-corrected chi connectivity index (χ0v) is 25.3. The van der Waals surface area contributed by atoms with E-state index in [4.69, 9.17) is 9.47 Å². The Balaban J connectivity index is 1.75. The molecular weight excluding hydrogens is 522 g/mol. The number of allylic oxidation sites excluding steroid dienone is 7. The van der Waals surface area contributed by atoms with Crippen LogP contribution in [0.15, 0.2) is 70.4 Å². The first-order valence-electron chi connectivity index (χ1n) is 14.2. The molecular formula is C33H42F2N4O2. The van der Waals surface area contributed by atoms with Crippen molar-refractivity contribution in [3.63, 3.8) is 0 Å². The van der Waals surface area contributed by atoms with E-state index in [1.807, 2.05) is 59.0 Å². The van der Waals surface area contributed by atoms with E-state index in [-0.39, 0.29) is 12.0 Å². The predicted molar refractivity (Wildman–Crippen MR) is 164 cm³/mol. The van der Waals surface area contributed by atoms with Crippen molar-refractivity contribution in [3.05, 3.63) is 82.1 Å². The number of rotatable bonds is 12. The molecule has 1 N–H and O–H groups in total. The number of benzene rings is 1. The second kappa shape index (κ2) is 14.7. The molecule has 3 rings (SSSR count). The average Bonchev–Trinajstić information content (AvgIpc) is 2.96. The van der Waals surface area contributed by atoms with Crippen LogP contribution in [0.25, 0.3) is 5.57 Å². The van der Waals surface area contributed by atoms with E-state index < -0.39 is 5.92 Å². The first-order chi connectivity index (χ1) is 19.6. The molecule has 0 saturated heterocycles. The van der Waals surface area contributed by atoms with Crippen LogP contribution in [0.3, 0.4) is 0 Å². The molecule has 2 aromatic rings. The van der Waals surface area contributed by atoms with Gasteiger partial charge in [0.25, 0.3) is 5.92 Å². The molecule has 1 aliphatic rings. The molecule has 0 atom stereocenters. The van der Waals surface area contributed by atoms with Crippen molar-refractivity contribution in [1.29, 1.82) is 0 Å². The summed E-state index contributed by atoms with van der Waals surface area (Å²) in [6.07, 6.45) is 10.7. The van der Waals surface area contributed by atoms with E-state index in [1.165, 1.54) is 32.5 Å². The molecule has 1 aliphatic carbocycles. The monoisotopic (exact) mass is 564 g/mol. The highest BCUT2D eigenvalue weighted by atomic mass is 19.3. The molecule has 0 saturated carbocycles. The van der Waals surface area contributed by atoms with Crippen molar-refractivity contribution in [3.8, 4) is 5.75 Å². The Morgan fingerprint density at radius 1 is 1.15 bits per heavy atom. The smallest absolute Gasteiger partial charge is 0.273 e. The van der Waals surface area contributed by atoms with Gasteiger partial charge in [0.05, 0.1) is 12.7 Å². The Hall–Kier alpha value is -3.81. The van der Waals surface area contributed by atoms with Crippen LogP contribution in [-0.2, 0) is 11.2 Å². The third-order valence-corrected chi connectivity index (χ3v) is 7.09. The number of methoxy groups -OCH3 is 1. The second-order valence-electron chi connectivity index (χ2n) is 10.1. The number of halogens is 2. The molecule has 1 heterocycles. The maximum absolute atomic E-state index is 14.8. The van der Waals surface area contributed by atoms with Gasteiger partial charge in [-0.3, -0.25) is 0 Å². The molecule has 0 unspecified atom stereocenters. The van der Waals surface area contributed by atoms with Gasteiger partial charge in [-0.25, -0.2) is 23.7 Å². The minimum Gasteiger partial charge on any atom is -0.497 e. The number of aryl methyl sites for hydroxylation is 1. The average molecular weight is 565 g/mol. The van der Waals surface area contributed by atoms with E-state index >= 15 is 0 Å². The van der Waals surface area contributed by atoms with Gasteiger partial charge in [-0.2, -0.15) is 0 Å². The Kier molecular flexibility index (Phi) is 11.4. The summed E-state index contributed by atoms with van der Waals surface area (Å²) in [5.74, 6) is 0.0627. The van der Waals surface area contributed by atoms with Crippen LogP contribution in [0.5, 0.6) is 5.75 Å². The Morgan fingerprint density at radius 2 is 1.93 bits per heavy atom. The SMILES string of the molecule is CC=C(C)c1c(N=CCC)ncnc1NCCc1ccc(OC2=CC(C(F)(F)CC)=CC(OC)=C(C)CC2)c(C)c1. The van der Waals surface area contributed by atoms with Gasteiger partial charge in [0, 0.05) is 31.2 Å². The quantitative estimate of drug-likeness (QED) is 0.261. The molecule has 0 amide bonds. The molecule has 1 aromatic carbocycles. The highest BCUT2D eigenvalue weighted by Crippen LogP contribution is 2.35. The first kappa shape index (κ1) is 31.7. The summed E-state index contributed by atoms with van der Waals surface area (Å²) in [5, 5.41) is 3.45. The highest BCUT2D eigenvalue weighted by Gasteiger charge is 2.32. The zero-order valence-electron chi connectivity index (χ0n) is 25.3. The van der Waals surface area contributed by atoms with Crippen molar-refractivity contribution in [2.45, 2.75) is 79.6 Å². The lowest BCUT2D eigenvalue weighted by molar-refractivity contribution is 0.0405. The lowest BCUT2D eigenvalue weighted by Crippen LogP contribution is -2.19. The van der Waals surface area contributed by atoms with Crippen LogP contribution < -0.4 is 10.1 Å². The van der Waals surface area contributed by atoms with E-state index in [0.29, 0.717) is 42.5 Å². The van der Waals surface area contributed by atoms with E-state index in [1.54, 1.807) is 0 Å². The van der Waals surface area contributed by atoms with Gasteiger partial charge in [-0.15, -0.1) is 0 Å². The van der Waals surface area contributed by atoms with Crippen molar-refractivity contribution in [2.24, 2.45) is 4.99 Å². The molecule has 0 spiro atoms. The normalized spacial score (nSPS) is 14.9. The summed E-state index contributed by atoms with van der Waals surface area (Å²) in [7, 11) is 1.51. The van der Waals surface area contributed by atoms with Gasteiger partial charge in [-0.05, 0) is 87.4 Å². The van der Waals surface area contributed by atoms with Gasteiger partial charge < -0.3 is 14.8 Å². The number of anilines is 1. The van der Waals surface area contributed by atoms with E-state index in [2.05, 4.69) is 26.3 Å². The number of aliphatic imine (C=N–C) groups is 1. The largest absolute Gasteiger partial charge is 0.497 e. The summed E-state index contributed by atoms with van der Waals surface area (Å²) >= 11 is 0. The third kappa shape index (κ3) is 8.35. The number of nitrogens with zero attached hydrogens (tertiary/aromatic N) is 3. The topological polar surface area (TPSA) is 68.6 Å². The standard InChI is InChI=1S/C33H42F2N4O2/c1-8-16-36-31-30(22(4)9-2)32(39-21-38-31)37-17-15-25-12-14-28(24(6)18-25)41-27-13-11-23(5)29(40-7)20-26(19-27)33(34,35)10-3/h9,12,14,16,18-21H,8,10-11,13,15,17H2,1-7H3,(H,37,38,39). The molecule has 1 aromatic heterocycles. The number of hydrogen-bond acceptors (Lipinski definition) is 6. The van der Waals surface area contributed by atoms with Crippen molar-refractivity contribution in [2.75, 3.05) is 19.0 Å². The van der Waals surface area contributed by atoms with Gasteiger partial charge in [0.15, 0.2) is 5.82 Å². The fraction of sp³-hybridized carbons (Fsp3) is 0.424. The molecule has 0 radical (unpaired) electrons. The maximum Gasteiger partial charge on any atom is 0.273 e. The Labute approximate surface area is 243 Å². The molecule has 8 heteroatoms. The highest BCUT2D eigenvalue weighted by molar-refractivity contribution is 5.81. The van der Waals surface area contributed by atoms with Gasteiger partial charge in [-0.1, -0.05) is 32.1 Å². The minimum absolute atomic E-state index is 0.105. The summed E-state index contributed by atoms with van der Waals surface area (Å²) < 4.78 is 41.1. The van der Waals surface area contributed by atoms with Crippen LogP contribution in [0.2, 0.25) is 0 Å². The number of ether oxygens (including phenoxy) is 2. The molecule has 6 nitrogen and oxygen atoms in total. The molecule has 41 heavy (non-hydrogen) atoms. The van der Waals surface area contributed by atoms with E-state index in [0.717, 1.165) is 46.5 Å². The summed E-state index contributed by atoms with van der Waals surface area (Å²) in [5.41, 5.74) is 4.82. The molecule has 220 valence electrons. The first-order valence-corrected chi connectivity index (χ1v) is 14.2. The van der Waals surface area contributed by atoms with Crippen LogP contribution in [-0.4, -0.2) is 35.8 Å². The van der Waals surface area contributed by atoms with Gasteiger partial charge in [0.1, 0.15) is 29.4 Å². The van der Waals surface area contributed by atoms with Gasteiger partial charge >= 0.3 is 0 Å². The Morgan fingerprint density at radius 3 is 2.59 bits per heavy atom. The number of aromatic nitrogens is 2. The van der Waals surface area contributed by atoms with Gasteiger partial charge in [0.2, 0.25) is 0 Å². The zero-order chi connectivity index (χ0) is 30.0. The van der Waals surface area contributed by atoms with Crippen molar-refractivity contribution >= 4 is 23.4 Å². The molecule has 0 aliphatic heterocycles. The fourth-order valence-corrected chi connectivity index (χ4v) is 4.46. The third-order valence-electron chi connectivity index (χ3n) is 7.09. The minimum atomic E-state index is -2.99. The number of alkyl halides is 2. The molecule has 0 bridgehead atoms. The number of nitrogens with one attached hydrogen (secondary N) is 1. The van der Waals surface area contributed by atoms with Crippen LogP contribution in [0, 0.1) is 6.92 Å². The Bertz CT molecular complexity index is 1370. The van der Waals surface area contributed by atoms with Crippen LogP contribution in [0.1, 0.15) is 77.0 Å². The predicted octanol–water partition coefficient (Wildman–Crippen LogP) is 8.92. The molecule has 0 fully saturated rings. The van der Waals surface area contributed by atoms with Crippen LogP contribution >= 0.6 is 0 Å². The lowest BCUT2D eigenvalue weighted by Gasteiger charge is -2.21. The van der Waals surface area contributed by atoms with Crippen LogP contribution in [0.4, 0.5) is 20.4 Å². The van der Waals surface area contributed by atoms with Crippen molar-refractivity contribution < 1.29 is 18.3 Å². The lowest BCUT2D eigenvalue weighted by atomic mass is 9.98. The van der Waals surface area contributed by atoms with Crippen molar-refractivity contribution in [1.82, 2.24) is 9.97 Å². The summed E-state index contributed by atoms with van der Waals surface area (Å²) in [6, 6.07) is 5.99. The van der Waals surface area contributed by atoms with E-state index in [9.17, 15) is 8.78 Å². The number of hydrogen-bond donors (Lipinski definition) is 1. The maximum atomic E-state index is 14.8. The summed E-state index contributed by atoms with van der Waals surface area (Å²) in [4.78, 5) is 13.3.